The van der Waals surface area contributed by atoms with Crippen LogP contribution in [0.1, 0.15) is 5.56 Å². The molecule has 1 fully saturated rings. The summed E-state index contributed by atoms with van der Waals surface area (Å²) in [6.07, 6.45) is 4.45. The van der Waals surface area contributed by atoms with E-state index >= 15 is 0 Å². The zero-order valence-electron chi connectivity index (χ0n) is 15.4. The van der Waals surface area contributed by atoms with Gasteiger partial charge in [-0.2, -0.15) is 5.26 Å². The van der Waals surface area contributed by atoms with Crippen molar-refractivity contribution in [2.75, 3.05) is 6.26 Å². The predicted octanol–water partition coefficient (Wildman–Crippen LogP) is 2.73. The highest BCUT2D eigenvalue weighted by Gasteiger charge is 2.69. The lowest BCUT2D eigenvalue weighted by molar-refractivity contribution is -0.180. The Hall–Kier alpha value is -2.41. The molecule has 1 saturated heterocycles. The molecule has 1 aromatic rings. The van der Waals surface area contributed by atoms with E-state index in [0.29, 0.717) is 9.93 Å². The van der Waals surface area contributed by atoms with Gasteiger partial charge in [0.25, 0.3) is 0 Å². The fraction of sp³-hybridized carbons (Fsp3) is 0.350. The molecule has 4 aliphatic rings. The van der Waals surface area contributed by atoms with Crippen molar-refractivity contribution in [1.29, 1.82) is 5.26 Å². The smallest absolute Gasteiger partial charge is 0.323 e. The van der Waals surface area contributed by atoms with Gasteiger partial charge >= 0.3 is 11.9 Å². The summed E-state index contributed by atoms with van der Waals surface area (Å²) in [5, 5.41) is 30.0. The third-order valence-electron chi connectivity index (χ3n) is 5.57. The Morgan fingerprint density at radius 2 is 2.03 bits per heavy atom. The molecule has 2 N–H and O–H groups in total. The number of nitriles is 1. The van der Waals surface area contributed by atoms with Gasteiger partial charge in [-0.3, -0.25) is 9.59 Å². The van der Waals surface area contributed by atoms with Gasteiger partial charge in [0.15, 0.2) is 4.75 Å². The molecule has 9 heteroatoms. The van der Waals surface area contributed by atoms with E-state index in [0.717, 1.165) is 17.3 Å². The summed E-state index contributed by atoms with van der Waals surface area (Å²) in [4.78, 5) is 26.4. The third kappa shape index (κ3) is 2.86. The van der Waals surface area contributed by atoms with Crippen LogP contribution < -0.4 is 0 Å². The maximum Gasteiger partial charge on any atom is 0.323 e. The topological polar surface area (TPSA) is 111 Å². The molecule has 0 aromatic heterocycles. The van der Waals surface area contributed by atoms with Crippen molar-refractivity contribution in [3.63, 3.8) is 0 Å². The van der Waals surface area contributed by atoms with Gasteiger partial charge < -0.3 is 19.8 Å². The van der Waals surface area contributed by atoms with Crippen molar-refractivity contribution in [3.8, 4) is 6.07 Å². The summed E-state index contributed by atoms with van der Waals surface area (Å²) in [5.74, 6) is -4.24. The number of allylic oxidation sites excluding steroid dienone is 1. The first-order valence-electron chi connectivity index (χ1n) is 8.91. The van der Waals surface area contributed by atoms with E-state index in [9.17, 15) is 25.1 Å². The largest absolute Gasteiger partial charge is 0.481 e. The second-order valence-electron chi connectivity index (χ2n) is 6.97. The molecule has 3 aliphatic heterocycles. The Morgan fingerprint density at radius 1 is 1.31 bits per heavy atom. The summed E-state index contributed by atoms with van der Waals surface area (Å²) in [6.45, 7) is 0.228. The van der Waals surface area contributed by atoms with E-state index in [1.807, 2.05) is 30.3 Å². The predicted molar refractivity (Wildman–Crippen MR) is 109 cm³/mol. The molecule has 4 bridgehead atoms. The molecular weight excluding hydrogens is 412 g/mol. The SMILES string of the molecule is CSC1=C(C#N)N2C(OCc3ccccc3)C3C=CC2C(C(=O)O)(S1)C3C(=O)O. The molecule has 0 radical (unpaired) electrons. The summed E-state index contributed by atoms with van der Waals surface area (Å²) in [5.41, 5.74) is 1.24. The van der Waals surface area contributed by atoms with Crippen LogP contribution in [0.15, 0.2) is 52.4 Å². The van der Waals surface area contributed by atoms with Crippen LogP contribution in [0.2, 0.25) is 0 Å². The maximum atomic E-state index is 12.4. The van der Waals surface area contributed by atoms with Gasteiger partial charge in [-0.15, -0.1) is 11.8 Å². The van der Waals surface area contributed by atoms with Crippen LogP contribution in [0.4, 0.5) is 0 Å². The van der Waals surface area contributed by atoms with Gasteiger partial charge in [0.1, 0.15) is 18.0 Å². The second kappa shape index (κ2) is 7.44. The van der Waals surface area contributed by atoms with E-state index < -0.39 is 40.8 Å². The number of benzene rings is 1. The number of hydrogen-bond donors (Lipinski definition) is 2. The van der Waals surface area contributed by atoms with Crippen LogP contribution in [0.5, 0.6) is 0 Å². The molecule has 29 heavy (non-hydrogen) atoms. The van der Waals surface area contributed by atoms with E-state index in [-0.39, 0.29) is 6.61 Å². The van der Waals surface area contributed by atoms with E-state index in [2.05, 4.69) is 6.07 Å². The molecule has 150 valence electrons. The normalized spacial score (nSPS) is 32.2. The molecular formula is C20H18N2O5S2. The zero-order valence-corrected chi connectivity index (χ0v) is 17.0. The van der Waals surface area contributed by atoms with Crippen LogP contribution in [0.25, 0.3) is 0 Å². The molecule has 5 rings (SSSR count). The Balaban J connectivity index is 1.82. The molecule has 1 aromatic carbocycles. The average Bonchev–Trinajstić information content (AvgIpc) is 2.73. The molecule has 5 unspecified atom stereocenters. The van der Waals surface area contributed by atoms with Crippen molar-refractivity contribution in [2.24, 2.45) is 11.8 Å². The maximum absolute atomic E-state index is 12.4. The van der Waals surface area contributed by atoms with E-state index in [1.165, 1.54) is 11.8 Å². The molecule has 7 nitrogen and oxygen atoms in total. The number of carboxylic acid groups (broad SMARTS) is 2. The highest BCUT2D eigenvalue weighted by atomic mass is 32.2. The first kappa shape index (κ1) is 19.9. The van der Waals surface area contributed by atoms with Crippen molar-refractivity contribution < 1.29 is 24.5 Å². The van der Waals surface area contributed by atoms with Crippen LogP contribution >= 0.6 is 23.5 Å². The van der Waals surface area contributed by atoms with Crippen LogP contribution in [0.3, 0.4) is 0 Å². The number of nitrogens with zero attached hydrogens (tertiary/aromatic N) is 2. The lowest BCUT2D eigenvalue weighted by Gasteiger charge is -2.60. The summed E-state index contributed by atoms with van der Waals surface area (Å²) in [7, 11) is 0. The lowest BCUT2D eigenvalue weighted by Crippen LogP contribution is -2.73. The Labute approximate surface area is 176 Å². The molecule has 0 spiro atoms. The van der Waals surface area contributed by atoms with Crippen molar-refractivity contribution in [3.05, 3.63) is 58.0 Å². The van der Waals surface area contributed by atoms with Gasteiger partial charge in [-0.1, -0.05) is 54.2 Å². The minimum Gasteiger partial charge on any atom is -0.481 e. The van der Waals surface area contributed by atoms with Crippen molar-refractivity contribution in [1.82, 2.24) is 4.90 Å². The quantitative estimate of drug-likeness (QED) is 0.658. The number of hydrogen-bond acceptors (Lipinski definition) is 7. The van der Waals surface area contributed by atoms with Crippen LogP contribution in [0, 0.1) is 23.2 Å². The van der Waals surface area contributed by atoms with E-state index in [4.69, 9.17) is 4.74 Å². The molecule has 5 atom stereocenters. The van der Waals surface area contributed by atoms with Crippen LogP contribution in [-0.4, -0.2) is 50.3 Å². The monoisotopic (exact) mass is 430 g/mol. The Bertz CT molecular complexity index is 957. The van der Waals surface area contributed by atoms with Crippen molar-refractivity contribution in [2.45, 2.75) is 23.6 Å². The van der Waals surface area contributed by atoms with E-state index in [1.54, 1.807) is 23.3 Å². The second-order valence-corrected chi connectivity index (χ2v) is 9.33. The van der Waals surface area contributed by atoms with Crippen LogP contribution in [-0.2, 0) is 20.9 Å². The fourth-order valence-electron chi connectivity index (χ4n) is 4.40. The van der Waals surface area contributed by atoms with Gasteiger partial charge in [0.2, 0.25) is 0 Å². The molecule has 3 heterocycles. The molecule has 1 aliphatic carbocycles. The van der Waals surface area contributed by atoms with Crippen molar-refractivity contribution >= 4 is 35.5 Å². The first-order valence-corrected chi connectivity index (χ1v) is 11.0. The zero-order chi connectivity index (χ0) is 20.8. The Kier molecular flexibility index (Phi) is 5.11. The number of carboxylic acids is 2. The Morgan fingerprint density at radius 3 is 2.62 bits per heavy atom. The third-order valence-corrected chi connectivity index (χ3v) is 8.27. The lowest BCUT2D eigenvalue weighted by atomic mass is 9.66. The average molecular weight is 431 g/mol. The number of aliphatic carboxylic acids is 2. The number of thioether (sulfide) groups is 2. The van der Waals surface area contributed by atoms with Gasteiger partial charge in [-0.05, 0) is 11.8 Å². The summed E-state index contributed by atoms with van der Waals surface area (Å²) >= 11 is 2.23. The number of carbonyl (C=O) groups is 2. The highest BCUT2D eigenvalue weighted by molar-refractivity contribution is 8.23. The van der Waals surface area contributed by atoms with Gasteiger partial charge in [0, 0.05) is 5.92 Å². The minimum atomic E-state index is -1.61. The molecule has 0 saturated carbocycles. The summed E-state index contributed by atoms with van der Waals surface area (Å²) < 4.78 is 5.02. The minimum absolute atomic E-state index is 0.228. The van der Waals surface area contributed by atoms with Gasteiger partial charge in [0.05, 0.1) is 22.8 Å². The number of ether oxygens (including phenoxy) is 1. The number of rotatable bonds is 6. The standard InChI is InChI=1S/C20H18N2O5S2/c1-28-18-13(9-21)22-14-8-7-12(15(17(23)24)20(14,29-18)19(25)26)16(22)27-10-11-5-3-2-4-6-11/h2-8,12,14-16H,10H2,1H3,(H,23,24)(H,25,26). The number of piperidine rings is 1. The molecule has 0 amide bonds. The highest BCUT2D eigenvalue weighted by Crippen LogP contribution is 2.61. The first-order chi connectivity index (χ1) is 14.0. The summed E-state index contributed by atoms with van der Waals surface area (Å²) in [6, 6.07) is 10.8. The fourth-order valence-corrected chi connectivity index (χ4v) is 6.83. The van der Waals surface area contributed by atoms with Gasteiger partial charge in [-0.25, -0.2) is 0 Å².